The van der Waals surface area contributed by atoms with Gasteiger partial charge in [-0.25, -0.2) is 9.13 Å². The molecule has 630 valence electrons. The Kier molecular flexibility index (Phi) is 74.3. The van der Waals surface area contributed by atoms with Crippen LogP contribution in [0.5, 0.6) is 0 Å². The number of carbonyl (C=O) groups excluding carboxylic acids is 4. The Morgan fingerprint density at radius 3 is 0.585 bits per heavy atom. The van der Waals surface area contributed by atoms with E-state index in [0.29, 0.717) is 31.6 Å². The molecule has 0 heterocycles. The summed E-state index contributed by atoms with van der Waals surface area (Å²) >= 11 is 0. The average Bonchev–Trinajstić information content (AvgIpc) is 0.928. The van der Waals surface area contributed by atoms with Crippen molar-refractivity contribution in [3.63, 3.8) is 0 Å². The van der Waals surface area contributed by atoms with Crippen molar-refractivity contribution in [2.45, 2.75) is 472 Å². The molecular formula is C87H170O17P2. The predicted octanol–water partition coefficient (Wildman–Crippen LogP) is 26.3. The molecule has 106 heavy (non-hydrogen) atoms. The van der Waals surface area contributed by atoms with Crippen LogP contribution >= 0.6 is 15.6 Å². The number of aliphatic hydroxyl groups excluding tert-OH is 1. The van der Waals surface area contributed by atoms with Crippen molar-refractivity contribution in [1.82, 2.24) is 0 Å². The first kappa shape index (κ1) is 104. The van der Waals surface area contributed by atoms with Crippen LogP contribution in [0.25, 0.3) is 0 Å². The summed E-state index contributed by atoms with van der Waals surface area (Å²) in [6.07, 6.45) is 65.4. The molecule has 0 aromatic carbocycles. The van der Waals surface area contributed by atoms with Gasteiger partial charge in [0, 0.05) is 25.7 Å². The molecule has 0 fully saturated rings. The Labute approximate surface area is 651 Å². The quantitative estimate of drug-likeness (QED) is 0.0222. The number of esters is 4. The highest BCUT2D eigenvalue weighted by molar-refractivity contribution is 7.47. The van der Waals surface area contributed by atoms with Crippen LogP contribution in [-0.4, -0.2) is 96.7 Å². The molecular weight excluding hydrogens is 1380 g/mol. The zero-order chi connectivity index (χ0) is 78.1. The molecule has 0 amide bonds. The number of rotatable bonds is 84. The van der Waals surface area contributed by atoms with Crippen LogP contribution < -0.4 is 0 Å². The molecule has 3 N–H and O–H groups in total. The van der Waals surface area contributed by atoms with Gasteiger partial charge in [0.15, 0.2) is 12.2 Å². The Morgan fingerprint density at radius 1 is 0.236 bits per heavy atom. The second-order valence-electron chi connectivity index (χ2n) is 33.2. The van der Waals surface area contributed by atoms with Crippen LogP contribution in [0.1, 0.15) is 453 Å². The van der Waals surface area contributed by atoms with Crippen molar-refractivity contribution in [3.05, 3.63) is 0 Å². The lowest BCUT2D eigenvalue weighted by Gasteiger charge is -2.21. The van der Waals surface area contributed by atoms with Crippen LogP contribution in [0.2, 0.25) is 0 Å². The summed E-state index contributed by atoms with van der Waals surface area (Å²) in [5, 5.41) is 10.7. The van der Waals surface area contributed by atoms with E-state index in [1.165, 1.54) is 250 Å². The molecule has 0 saturated heterocycles. The summed E-state index contributed by atoms with van der Waals surface area (Å²) in [6.45, 7) is 14.3. The normalized spacial score (nSPS) is 13.9. The summed E-state index contributed by atoms with van der Waals surface area (Å²) in [5.74, 6) is 1.02. The number of phosphoric ester groups is 2. The first-order valence-electron chi connectivity index (χ1n) is 44.7. The second-order valence-corrected chi connectivity index (χ2v) is 36.1. The lowest BCUT2D eigenvalue weighted by Crippen LogP contribution is -2.30. The minimum absolute atomic E-state index is 0.107. The molecule has 0 saturated carbocycles. The fourth-order valence-electron chi connectivity index (χ4n) is 13.5. The Bertz CT molecular complexity index is 2060. The molecule has 5 atom stereocenters. The highest BCUT2D eigenvalue weighted by Gasteiger charge is 2.31. The molecule has 0 rings (SSSR count). The van der Waals surface area contributed by atoms with E-state index in [9.17, 15) is 43.2 Å². The van der Waals surface area contributed by atoms with E-state index in [0.717, 1.165) is 114 Å². The number of phosphoric acid groups is 2. The minimum atomic E-state index is -4.97. The zero-order valence-corrected chi connectivity index (χ0v) is 71.9. The van der Waals surface area contributed by atoms with E-state index in [1.807, 2.05) is 0 Å². The van der Waals surface area contributed by atoms with Gasteiger partial charge in [-0.3, -0.25) is 37.3 Å². The maximum atomic E-state index is 13.1. The number of hydrogen-bond donors (Lipinski definition) is 3. The minimum Gasteiger partial charge on any atom is -0.462 e. The summed E-state index contributed by atoms with van der Waals surface area (Å²) in [4.78, 5) is 73.2. The molecule has 0 aliphatic carbocycles. The third kappa shape index (κ3) is 80.1. The largest absolute Gasteiger partial charge is 0.472 e. The monoisotopic (exact) mass is 1550 g/mol. The highest BCUT2D eigenvalue weighted by atomic mass is 31.2. The van der Waals surface area contributed by atoms with Crippen molar-refractivity contribution in [2.75, 3.05) is 39.6 Å². The van der Waals surface area contributed by atoms with Crippen LogP contribution in [0, 0.1) is 23.7 Å². The van der Waals surface area contributed by atoms with Crippen LogP contribution in [0.15, 0.2) is 0 Å². The van der Waals surface area contributed by atoms with Gasteiger partial charge in [-0.1, -0.05) is 402 Å². The van der Waals surface area contributed by atoms with Crippen molar-refractivity contribution >= 4 is 39.5 Å². The Hall–Kier alpha value is -1.94. The molecule has 0 aromatic rings. The first-order valence-corrected chi connectivity index (χ1v) is 47.7. The third-order valence-electron chi connectivity index (χ3n) is 20.3. The summed E-state index contributed by atoms with van der Waals surface area (Å²) < 4.78 is 68.9. The molecule has 0 bridgehead atoms. The first-order chi connectivity index (χ1) is 51.1. The van der Waals surface area contributed by atoms with E-state index in [2.05, 4.69) is 55.4 Å². The van der Waals surface area contributed by atoms with E-state index >= 15 is 0 Å². The van der Waals surface area contributed by atoms with E-state index in [-0.39, 0.29) is 25.7 Å². The predicted molar refractivity (Wildman–Crippen MR) is 437 cm³/mol. The molecule has 3 unspecified atom stereocenters. The fourth-order valence-corrected chi connectivity index (χ4v) is 15.1. The topological polar surface area (TPSA) is 237 Å². The summed E-state index contributed by atoms with van der Waals surface area (Å²) in [5.41, 5.74) is 0. The molecule has 0 spiro atoms. The van der Waals surface area contributed by atoms with Gasteiger partial charge in [0.25, 0.3) is 0 Å². The highest BCUT2D eigenvalue weighted by Crippen LogP contribution is 2.45. The lowest BCUT2D eigenvalue weighted by atomic mass is 10.0. The van der Waals surface area contributed by atoms with Gasteiger partial charge >= 0.3 is 39.5 Å². The van der Waals surface area contributed by atoms with Gasteiger partial charge in [-0.05, 0) is 49.4 Å². The molecule has 0 aliphatic heterocycles. The third-order valence-corrected chi connectivity index (χ3v) is 22.2. The molecule has 0 aromatic heterocycles. The van der Waals surface area contributed by atoms with Gasteiger partial charge < -0.3 is 33.8 Å². The van der Waals surface area contributed by atoms with Gasteiger partial charge in [0.05, 0.1) is 26.4 Å². The van der Waals surface area contributed by atoms with Gasteiger partial charge in [-0.15, -0.1) is 0 Å². The van der Waals surface area contributed by atoms with Crippen molar-refractivity contribution in [2.24, 2.45) is 23.7 Å². The van der Waals surface area contributed by atoms with E-state index < -0.39 is 97.5 Å². The fraction of sp³-hybridized carbons (Fsp3) is 0.954. The lowest BCUT2D eigenvalue weighted by molar-refractivity contribution is -0.161. The smallest absolute Gasteiger partial charge is 0.462 e. The number of ether oxygens (including phenoxy) is 4. The molecule has 0 aliphatic rings. The van der Waals surface area contributed by atoms with Crippen LogP contribution in [0.4, 0.5) is 0 Å². The maximum absolute atomic E-state index is 13.1. The maximum Gasteiger partial charge on any atom is 0.472 e. The van der Waals surface area contributed by atoms with Crippen LogP contribution in [0.3, 0.4) is 0 Å². The van der Waals surface area contributed by atoms with Gasteiger partial charge in [0.1, 0.15) is 19.3 Å². The number of unbranched alkanes of at least 4 members (excludes halogenated alkanes) is 50. The van der Waals surface area contributed by atoms with E-state index in [1.54, 1.807) is 0 Å². The number of aliphatic hydroxyl groups is 1. The van der Waals surface area contributed by atoms with Crippen molar-refractivity contribution < 1.29 is 80.2 Å². The van der Waals surface area contributed by atoms with Crippen molar-refractivity contribution in [3.8, 4) is 0 Å². The second kappa shape index (κ2) is 75.7. The molecule has 17 nitrogen and oxygen atoms in total. The van der Waals surface area contributed by atoms with E-state index in [4.69, 9.17) is 37.0 Å². The summed E-state index contributed by atoms with van der Waals surface area (Å²) in [6, 6.07) is 0. The SMILES string of the molecule is CC(C)CCCCCCCCCCCCCCCCCCC(=O)O[C@H](COC(=O)CCCCCCCCCCCCCCCCCC(C)C)COP(=O)(O)OCC(O)COP(=O)(O)OC[C@@H](COC(=O)CCCCCCCCCC(C)C)OC(=O)CCCCCCCCCCCCCCCCCCC(C)C. The van der Waals surface area contributed by atoms with Gasteiger partial charge in [-0.2, -0.15) is 0 Å². The average molecular weight is 1550 g/mol. The van der Waals surface area contributed by atoms with Crippen molar-refractivity contribution in [1.29, 1.82) is 0 Å². The standard InChI is InChI=1S/C87H170O17P2/c1-77(2)63-55-47-39-32-26-20-14-9-11-17-24-30-36-44-53-61-69-86(91)103-82(73-97-84(89)67-59-51-43-35-29-23-19-13-16-22-28-34-41-49-57-65-79(5)6)75-101-105(93,94)99-71-81(88)72-100-106(95,96)102-76-83(74-98-85(90)68-60-52-46-38-42-50-58-66-80(7)8)104-87(92)70-62-54-45-37-31-25-18-12-10-15-21-27-33-40-48-56-64-78(3)4/h77-83,88H,9-76H2,1-8H3,(H,93,94)(H,95,96)/t81?,82-,83-/m1/s1. The van der Waals surface area contributed by atoms with Gasteiger partial charge in [0.2, 0.25) is 0 Å². The number of carbonyl (C=O) groups is 4. The zero-order valence-electron chi connectivity index (χ0n) is 70.1. The molecule has 0 radical (unpaired) electrons. The Morgan fingerprint density at radius 2 is 0.396 bits per heavy atom. The molecule has 19 heteroatoms. The number of hydrogen-bond acceptors (Lipinski definition) is 15. The van der Waals surface area contributed by atoms with Crippen LogP contribution in [-0.2, 0) is 65.4 Å². The summed E-state index contributed by atoms with van der Waals surface area (Å²) in [7, 11) is -9.93. The Balaban J connectivity index is 5.23.